The van der Waals surface area contributed by atoms with Crippen LogP contribution in [0.4, 0.5) is 0 Å². The molecule has 0 saturated carbocycles. The zero-order chi connectivity index (χ0) is 13.0. The van der Waals surface area contributed by atoms with Crippen molar-refractivity contribution in [3.8, 4) is 11.5 Å². The van der Waals surface area contributed by atoms with Gasteiger partial charge in [-0.05, 0) is 18.6 Å². The van der Waals surface area contributed by atoms with Crippen LogP contribution >= 0.6 is 0 Å². The van der Waals surface area contributed by atoms with Gasteiger partial charge in [0.05, 0.1) is 21.3 Å². The number of hydrogen-bond donors (Lipinski definition) is 1. The van der Waals surface area contributed by atoms with E-state index in [1.54, 1.807) is 19.1 Å². The number of carbonyl (C=O) groups excluding carboxylic acids is 1. The van der Waals surface area contributed by atoms with E-state index >= 15 is 0 Å². The number of benzene rings is 1. The number of hydrogen-bond acceptors (Lipinski definition) is 5. The molecule has 17 heavy (non-hydrogen) atoms. The van der Waals surface area contributed by atoms with Crippen LogP contribution in [0.2, 0.25) is 0 Å². The van der Waals surface area contributed by atoms with Crippen molar-refractivity contribution in [1.82, 2.24) is 0 Å². The summed E-state index contributed by atoms with van der Waals surface area (Å²) >= 11 is 0. The highest BCUT2D eigenvalue weighted by Crippen LogP contribution is 2.35. The molecule has 0 saturated heterocycles. The minimum Gasteiger partial charge on any atom is -0.493 e. The summed E-state index contributed by atoms with van der Waals surface area (Å²) in [7, 11) is 4.24. The Bertz CT molecular complexity index is 414. The second kappa shape index (κ2) is 5.54. The van der Waals surface area contributed by atoms with E-state index in [0.717, 1.165) is 0 Å². The molecular formula is C12H16O5. The van der Waals surface area contributed by atoms with E-state index in [1.807, 2.05) is 0 Å². The molecule has 0 fully saturated rings. The third kappa shape index (κ3) is 2.50. The molecule has 1 aromatic carbocycles. The van der Waals surface area contributed by atoms with Crippen LogP contribution in [-0.4, -0.2) is 32.4 Å². The van der Waals surface area contributed by atoms with Crippen LogP contribution in [0, 0.1) is 6.92 Å². The summed E-state index contributed by atoms with van der Waals surface area (Å²) in [6.45, 7) is 1.74. The molecule has 0 bridgehead atoms. The van der Waals surface area contributed by atoms with Gasteiger partial charge in [-0.2, -0.15) is 0 Å². The Kier molecular flexibility index (Phi) is 4.34. The largest absolute Gasteiger partial charge is 0.493 e. The van der Waals surface area contributed by atoms with E-state index in [-0.39, 0.29) is 0 Å². The zero-order valence-corrected chi connectivity index (χ0v) is 10.3. The van der Waals surface area contributed by atoms with Crippen LogP contribution in [0.25, 0.3) is 0 Å². The third-order valence-electron chi connectivity index (χ3n) is 2.55. The van der Waals surface area contributed by atoms with Crippen LogP contribution in [0.15, 0.2) is 12.1 Å². The number of ether oxygens (including phenoxy) is 3. The third-order valence-corrected chi connectivity index (χ3v) is 2.55. The molecule has 0 aliphatic rings. The molecule has 5 heteroatoms. The van der Waals surface area contributed by atoms with Gasteiger partial charge in [0.2, 0.25) is 0 Å². The lowest BCUT2D eigenvalue weighted by atomic mass is 10.0. The Balaban J connectivity index is 3.23. The van der Waals surface area contributed by atoms with Crippen molar-refractivity contribution in [2.75, 3.05) is 21.3 Å². The fourth-order valence-electron chi connectivity index (χ4n) is 1.63. The highest BCUT2D eigenvalue weighted by atomic mass is 16.5. The number of aliphatic hydroxyl groups excluding tert-OH is 1. The Morgan fingerprint density at radius 2 is 1.88 bits per heavy atom. The average molecular weight is 240 g/mol. The van der Waals surface area contributed by atoms with E-state index in [2.05, 4.69) is 4.74 Å². The molecule has 0 aromatic heterocycles. The van der Waals surface area contributed by atoms with Crippen LogP contribution in [0.5, 0.6) is 11.5 Å². The molecule has 1 atom stereocenters. The van der Waals surface area contributed by atoms with Gasteiger partial charge in [-0.1, -0.05) is 6.07 Å². The lowest BCUT2D eigenvalue weighted by Crippen LogP contribution is -2.15. The van der Waals surface area contributed by atoms with Gasteiger partial charge in [0.15, 0.2) is 17.6 Å². The van der Waals surface area contributed by atoms with Crippen LogP contribution in [0.3, 0.4) is 0 Å². The fraction of sp³-hybridized carbons (Fsp3) is 0.417. The number of esters is 1. The normalized spacial score (nSPS) is 11.8. The number of methoxy groups -OCH3 is 3. The van der Waals surface area contributed by atoms with Crippen molar-refractivity contribution in [3.05, 3.63) is 23.3 Å². The van der Waals surface area contributed by atoms with Crippen molar-refractivity contribution >= 4 is 5.97 Å². The summed E-state index contributed by atoms with van der Waals surface area (Å²) < 4.78 is 14.8. The van der Waals surface area contributed by atoms with Crippen molar-refractivity contribution in [2.24, 2.45) is 0 Å². The Morgan fingerprint density at radius 1 is 1.24 bits per heavy atom. The van der Waals surface area contributed by atoms with Crippen LogP contribution in [0.1, 0.15) is 17.2 Å². The summed E-state index contributed by atoms with van der Waals surface area (Å²) in [4.78, 5) is 11.3. The van der Waals surface area contributed by atoms with Crippen molar-refractivity contribution < 1.29 is 24.1 Å². The first-order valence-electron chi connectivity index (χ1n) is 5.04. The molecule has 5 nitrogen and oxygen atoms in total. The zero-order valence-electron chi connectivity index (χ0n) is 10.3. The van der Waals surface area contributed by atoms with Gasteiger partial charge in [-0.15, -0.1) is 0 Å². The van der Waals surface area contributed by atoms with E-state index < -0.39 is 12.1 Å². The molecular weight excluding hydrogens is 224 g/mol. The van der Waals surface area contributed by atoms with Gasteiger partial charge in [-0.25, -0.2) is 4.79 Å². The first-order chi connectivity index (χ1) is 8.06. The molecule has 0 amide bonds. The predicted octanol–water partition coefficient (Wildman–Crippen LogP) is 1.22. The summed E-state index contributed by atoms with van der Waals surface area (Å²) in [6, 6.07) is 3.24. The van der Waals surface area contributed by atoms with Gasteiger partial charge < -0.3 is 19.3 Å². The molecule has 1 aromatic rings. The average Bonchev–Trinajstić information content (AvgIpc) is 2.36. The molecule has 94 valence electrons. The maximum absolute atomic E-state index is 11.3. The highest BCUT2D eigenvalue weighted by Gasteiger charge is 2.23. The molecule has 1 N–H and O–H groups in total. The van der Waals surface area contributed by atoms with E-state index in [4.69, 9.17) is 9.47 Å². The summed E-state index contributed by atoms with van der Waals surface area (Å²) in [6.07, 6.45) is -1.32. The molecule has 0 aliphatic heterocycles. The lowest BCUT2D eigenvalue weighted by molar-refractivity contribution is -0.150. The number of rotatable bonds is 4. The maximum atomic E-state index is 11.3. The summed E-state index contributed by atoms with van der Waals surface area (Å²) in [5, 5.41) is 9.78. The Labute approximate surface area is 99.9 Å². The molecule has 0 spiro atoms. The standard InChI is InChI=1S/C12H16O5/c1-7-8(10(13)12(14)17-4)5-6-9(15-2)11(7)16-3/h5-6,10,13H,1-4H3. The van der Waals surface area contributed by atoms with Gasteiger partial charge in [-0.3, -0.25) is 0 Å². The lowest BCUT2D eigenvalue weighted by Gasteiger charge is -2.16. The molecule has 1 rings (SSSR count). The van der Waals surface area contributed by atoms with Crippen molar-refractivity contribution in [1.29, 1.82) is 0 Å². The minimum atomic E-state index is -1.32. The van der Waals surface area contributed by atoms with Crippen molar-refractivity contribution in [2.45, 2.75) is 13.0 Å². The number of aliphatic hydroxyl groups is 1. The van der Waals surface area contributed by atoms with Gasteiger partial charge in [0.1, 0.15) is 0 Å². The smallest absolute Gasteiger partial charge is 0.339 e. The van der Waals surface area contributed by atoms with E-state index in [1.165, 1.54) is 21.3 Å². The first kappa shape index (κ1) is 13.3. The minimum absolute atomic E-state index is 0.439. The predicted molar refractivity (Wildman–Crippen MR) is 61.3 cm³/mol. The highest BCUT2D eigenvalue weighted by molar-refractivity contribution is 5.77. The SMILES string of the molecule is COC(=O)C(O)c1ccc(OC)c(OC)c1C. The van der Waals surface area contributed by atoms with Gasteiger partial charge >= 0.3 is 5.97 Å². The molecule has 0 heterocycles. The fourth-order valence-corrected chi connectivity index (χ4v) is 1.63. The van der Waals surface area contributed by atoms with Crippen LogP contribution in [-0.2, 0) is 9.53 Å². The summed E-state index contributed by atoms with van der Waals surface area (Å²) in [5.74, 6) is 0.332. The van der Waals surface area contributed by atoms with Crippen LogP contribution < -0.4 is 9.47 Å². The van der Waals surface area contributed by atoms with Gasteiger partial charge in [0.25, 0.3) is 0 Å². The monoisotopic (exact) mass is 240 g/mol. The number of carbonyl (C=O) groups is 1. The molecule has 0 radical (unpaired) electrons. The van der Waals surface area contributed by atoms with Crippen molar-refractivity contribution in [3.63, 3.8) is 0 Å². The Morgan fingerprint density at radius 3 is 2.35 bits per heavy atom. The van der Waals surface area contributed by atoms with E-state index in [9.17, 15) is 9.90 Å². The Hall–Kier alpha value is -1.75. The molecule has 1 unspecified atom stereocenters. The van der Waals surface area contributed by atoms with Gasteiger partial charge in [0, 0.05) is 5.56 Å². The second-order valence-electron chi connectivity index (χ2n) is 3.44. The summed E-state index contributed by atoms with van der Waals surface area (Å²) in [5.41, 5.74) is 1.08. The quantitative estimate of drug-likeness (QED) is 0.801. The second-order valence-corrected chi connectivity index (χ2v) is 3.44. The maximum Gasteiger partial charge on any atom is 0.339 e. The first-order valence-corrected chi connectivity index (χ1v) is 5.04. The van der Waals surface area contributed by atoms with E-state index in [0.29, 0.717) is 22.6 Å². The molecule has 0 aliphatic carbocycles. The topological polar surface area (TPSA) is 65.0 Å².